The van der Waals surface area contributed by atoms with Crippen molar-refractivity contribution >= 4 is 28.2 Å². The second-order valence-corrected chi connectivity index (χ2v) is 4.55. The molecule has 0 aliphatic heterocycles. The smallest absolute Gasteiger partial charge is 0.137 e. The number of fused-ring (bicyclic) bond motifs is 1. The summed E-state index contributed by atoms with van der Waals surface area (Å²) in [5, 5.41) is 8.23. The Morgan fingerprint density at radius 1 is 1.06 bits per heavy atom. The number of rotatable bonds is 1. The van der Waals surface area contributed by atoms with Gasteiger partial charge in [-0.15, -0.1) is 5.10 Å². The van der Waals surface area contributed by atoms with E-state index in [4.69, 9.17) is 12.2 Å². The van der Waals surface area contributed by atoms with E-state index in [-0.39, 0.29) is 0 Å². The molecule has 3 rings (SSSR count). The highest BCUT2D eigenvalue weighted by molar-refractivity contribution is 7.80. The summed E-state index contributed by atoms with van der Waals surface area (Å²) in [6.07, 6.45) is 0. The van der Waals surface area contributed by atoms with Crippen LogP contribution in [0.25, 0.3) is 11.0 Å². The lowest BCUT2D eigenvalue weighted by atomic mass is 10.1. The molecule has 0 aliphatic rings. The second kappa shape index (κ2) is 4.31. The van der Waals surface area contributed by atoms with Gasteiger partial charge in [-0.05, 0) is 19.1 Å². The Morgan fingerprint density at radius 2 is 1.78 bits per heavy atom. The first kappa shape index (κ1) is 11.0. The van der Waals surface area contributed by atoms with Gasteiger partial charge in [0.15, 0.2) is 0 Å². The van der Waals surface area contributed by atoms with Crippen LogP contribution in [0, 0.1) is 6.92 Å². The summed E-state index contributed by atoms with van der Waals surface area (Å²) in [5.74, 6) is 0. The molecular weight excluding hydrogens is 242 g/mol. The first-order valence-corrected chi connectivity index (χ1v) is 6.08. The van der Waals surface area contributed by atoms with Crippen molar-refractivity contribution in [2.24, 2.45) is 0 Å². The number of aryl methyl sites for hydroxylation is 1. The predicted octanol–water partition coefficient (Wildman–Crippen LogP) is 2.96. The molecule has 4 heteroatoms. The van der Waals surface area contributed by atoms with Crippen LogP contribution in [0.1, 0.15) is 11.1 Å². The molecule has 1 heterocycles. The van der Waals surface area contributed by atoms with Gasteiger partial charge in [0.1, 0.15) is 10.5 Å². The number of nitrogens with zero attached hydrogens (tertiary/aromatic N) is 3. The third kappa shape index (κ3) is 1.80. The summed E-state index contributed by atoms with van der Waals surface area (Å²) in [4.78, 5) is 0.670. The van der Waals surface area contributed by atoms with Crippen molar-refractivity contribution in [1.29, 1.82) is 0 Å². The Morgan fingerprint density at radius 3 is 2.56 bits per heavy atom. The number of aromatic nitrogens is 3. The van der Waals surface area contributed by atoms with E-state index in [1.165, 1.54) is 5.56 Å². The molecule has 0 atom stereocenters. The molecule has 3 aromatic rings. The van der Waals surface area contributed by atoms with E-state index < -0.39 is 0 Å². The summed E-state index contributed by atoms with van der Waals surface area (Å²) >= 11 is 5.47. The average molecular weight is 253 g/mol. The topological polar surface area (TPSA) is 30.7 Å². The first-order chi connectivity index (χ1) is 8.75. The van der Waals surface area contributed by atoms with Gasteiger partial charge in [0.2, 0.25) is 0 Å². The molecular formula is C14H11N3S. The summed E-state index contributed by atoms with van der Waals surface area (Å²) in [6.45, 7) is 2.05. The quantitative estimate of drug-likeness (QED) is 0.625. The summed E-state index contributed by atoms with van der Waals surface area (Å²) in [5.41, 5.74) is 3.98. The van der Waals surface area contributed by atoms with Crippen LogP contribution in [-0.4, -0.2) is 20.0 Å². The van der Waals surface area contributed by atoms with Crippen LogP contribution >= 0.6 is 12.2 Å². The van der Waals surface area contributed by atoms with Crippen LogP contribution in [0.4, 0.5) is 0 Å². The SMILES string of the molecule is Cc1ccc(C(=S)n2nnc3ccccc32)cc1. The van der Waals surface area contributed by atoms with Crippen molar-refractivity contribution < 1.29 is 0 Å². The molecule has 0 saturated heterocycles. The van der Waals surface area contributed by atoms with Gasteiger partial charge < -0.3 is 0 Å². The Balaban J connectivity index is 2.09. The van der Waals surface area contributed by atoms with Gasteiger partial charge in [-0.2, -0.15) is 0 Å². The maximum Gasteiger partial charge on any atom is 0.137 e. The molecule has 0 fully saturated rings. The van der Waals surface area contributed by atoms with E-state index in [0.717, 1.165) is 16.6 Å². The Kier molecular flexibility index (Phi) is 2.64. The fourth-order valence-electron chi connectivity index (χ4n) is 1.84. The van der Waals surface area contributed by atoms with Crippen molar-refractivity contribution in [3.8, 4) is 0 Å². The van der Waals surface area contributed by atoms with Crippen LogP contribution in [0.15, 0.2) is 48.5 Å². The van der Waals surface area contributed by atoms with Crippen molar-refractivity contribution in [2.75, 3.05) is 0 Å². The molecule has 0 saturated carbocycles. The minimum Gasteiger partial charge on any atom is -0.201 e. The number of para-hydroxylation sites is 1. The minimum atomic E-state index is 0.670. The third-order valence-electron chi connectivity index (χ3n) is 2.84. The Hall–Kier alpha value is -2.07. The highest BCUT2D eigenvalue weighted by Crippen LogP contribution is 2.13. The Labute approximate surface area is 110 Å². The average Bonchev–Trinajstić information content (AvgIpc) is 2.82. The predicted molar refractivity (Wildman–Crippen MR) is 75.8 cm³/mol. The van der Waals surface area contributed by atoms with E-state index in [2.05, 4.69) is 17.2 Å². The largest absolute Gasteiger partial charge is 0.201 e. The minimum absolute atomic E-state index is 0.670. The first-order valence-electron chi connectivity index (χ1n) is 5.67. The molecule has 0 unspecified atom stereocenters. The van der Waals surface area contributed by atoms with Crippen LogP contribution in [0.5, 0.6) is 0 Å². The highest BCUT2D eigenvalue weighted by atomic mass is 32.1. The zero-order valence-electron chi connectivity index (χ0n) is 9.87. The van der Waals surface area contributed by atoms with E-state index in [1.807, 2.05) is 48.5 Å². The molecule has 88 valence electrons. The van der Waals surface area contributed by atoms with Gasteiger partial charge in [0.25, 0.3) is 0 Å². The summed E-state index contributed by atoms with van der Waals surface area (Å²) in [6, 6.07) is 15.9. The van der Waals surface area contributed by atoms with Gasteiger partial charge in [-0.3, -0.25) is 0 Å². The van der Waals surface area contributed by atoms with Crippen LogP contribution in [-0.2, 0) is 0 Å². The molecule has 0 spiro atoms. The van der Waals surface area contributed by atoms with Crippen molar-refractivity contribution in [3.05, 3.63) is 59.7 Å². The van der Waals surface area contributed by atoms with Gasteiger partial charge in [-0.1, -0.05) is 59.4 Å². The van der Waals surface area contributed by atoms with Gasteiger partial charge in [0.05, 0.1) is 5.52 Å². The van der Waals surface area contributed by atoms with E-state index in [9.17, 15) is 0 Å². The lowest BCUT2D eigenvalue weighted by molar-refractivity contribution is 0.872. The van der Waals surface area contributed by atoms with Crippen LogP contribution in [0.2, 0.25) is 0 Å². The lowest BCUT2D eigenvalue weighted by Gasteiger charge is -2.04. The van der Waals surface area contributed by atoms with Gasteiger partial charge >= 0.3 is 0 Å². The summed E-state index contributed by atoms with van der Waals surface area (Å²) < 4.78 is 1.70. The zero-order valence-corrected chi connectivity index (χ0v) is 10.7. The number of thiocarbonyl (C=S) groups is 1. The van der Waals surface area contributed by atoms with Gasteiger partial charge in [-0.25, -0.2) is 4.68 Å². The zero-order chi connectivity index (χ0) is 12.5. The molecule has 2 aromatic carbocycles. The molecule has 18 heavy (non-hydrogen) atoms. The second-order valence-electron chi connectivity index (χ2n) is 4.16. The Bertz CT molecular complexity index is 713. The lowest BCUT2D eigenvalue weighted by Crippen LogP contribution is -2.12. The number of hydrogen-bond donors (Lipinski definition) is 0. The maximum absolute atomic E-state index is 5.47. The molecule has 1 aromatic heterocycles. The van der Waals surface area contributed by atoms with Gasteiger partial charge in [0, 0.05) is 5.56 Å². The fraction of sp³-hybridized carbons (Fsp3) is 0.0714. The van der Waals surface area contributed by atoms with Crippen molar-refractivity contribution in [2.45, 2.75) is 6.92 Å². The third-order valence-corrected chi connectivity index (χ3v) is 3.25. The van der Waals surface area contributed by atoms with E-state index in [1.54, 1.807) is 4.68 Å². The highest BCUT2D eigenvalue weighted by Gasteiger charge is 2.09. The summed E-state index contributed by atoms with van der Waals surface area (Å²) in [7, 11) is 0. The van der Waals surface area contributed by atoms with Crippen LogP contribution < -0.4 is 0 Å². The number of hydrogen-bond acceptors (Lipinski definition) is 3. The maximum atomic E-state index is 5.47. The molecule has 0 amide bonds. The van der Waals surface area contributed by atoms with Crippen LogP contribution in [0.3, 0.4) is 0 Å². The number of benzene rings is 2. The molecule has 0 aliphatic carbocycles. The molecule has 0 bridgehead atoms. The fourth-order valence-corrected chi connectivity index (χ4v) is 2.11. The standard InChI is InChI=1S/C14H11N3S/c1-10-6-8-11(9-7-10)14(18)17-13-5-3-2-4-12(13)15-16-17/h2-9H,1H3. The molecule has 3 nitrogen and oxygen atoms in total. The molecule has 0 radical (unpaired) electrons. The van der Waals surface area contributed by atoms with E-state index in [0.29, 0.717) is 4.99 Å². The normalized spacial score (nSPS) is 10.7. The monoisotopic (exact) mass is 253 g/mol. The molecule has 0 N–H and O–H groups in total. The van der Waals surface area contributed by atoms with E-state index >= 15 is 0 Å². The van der Waals surface area contributed by atoms with Crippen molar-refractivity contribution in [1.82, 2.24) is 15.0 Å². The van der Waals surface area contributed by atoms with Crippen molar-refractivity contribution in [3.63, 3.8) is 0 Å².